The molecule has 4 N–H and O–H groups in total. The lowest BCUT2D eigenvalue weighted by Gasteiger charge is -2.27. The number of aromatic nitrogens is 5. The lowest BCUT2D eigenvalue weighted by atomic mass is 9.98. The number of alkyl carbamates (subject to hydrolysis) is 1. The summed E-state index contributed by atoms with van der Waals surface area (Å²) in [5.41, 5.74) is 1.69. The van der Waals surface area contributed by atoms with Crippen LogP contribution in [-0.4, -0.2) is 97.8 Å². The number of amides is 2. The van der Waals surface area contributed by atoms with Gasteiger partial charge in [0.25, 0.3) is 5.91 Å². The van der Waals surface area contributed by atoms with Gasteiger partial charge < -0.3 is 54.0 Å². The number of anilines is 1. The predicted molar refractivity (Wildman–Crippen MR) is 208 cm³/mol. The minimum absolute atomic E-state index is 0.0386. The SMILES string of the molecule is COc1ccc(CNc2ncnc3c2c(-c2ccn(C)n2)cn3[C@@H]2O[C@H](C(=O)NCC[C@](C)(NC(=O)OCc3ccccc3)C(=O)O)[C@H]3OC(C)(C)O[C@H]32)c(OC)c1. The lowest BCUT2D eigenvalue weighted by Crippen LogP contribution is -2.54. The molecule has 58 heavy (non-hydrogen) atoms. The Morgan fingerprint density at radius 1 is 1.02 bits per heavy atom. The van der Waals surface area contributed by atoms with Gasteiger partial charge in [-0.3, -0.25) is 9.48 Å². The fourth-order valence-electron chi connectivity index (χ4n) is 7.10. The van der Waals surface area contributed by atoms with Gasteiger partial charge in [-0.05, 0) is 51.0 Å². The zero-order chi connectivity index (χ0) is 41.2. The van der Waals surface area contributed by atoms with Crippen LogP contribution in [0.5, 0.6) is 11.5 Å². The van der Waals surface area contributed by atoms with Crippen molar-refractivity contribution in [2.24, 2.45) is 7.05 Å². The van der Waals surface area contributed by atoms with E-state index in [1.165, 1.54) is 13.3 Å². The molecule has 2 saturated heterocycles. The largest absolute Gasteiger partial charge is 0.497 e. The second-order valence-corrected chi connectivity index (χ2v) is 14.7. The molecule has 0 unspecified atom stereocenters. The van der Waals surface area contributed by atoms with Gasteiger partial charge in [0.05, 0.1) is 25.3 Å². The number of nitrogens with one attached hydrogen (secondary N) is 3. The third kappa shape index (κ3) is 8.25. The molecule has 2 aliphatic heterocycles. The number of carbonyl (C=O) groups excluding carboxylic acids is 2. The fraction of sp³-hybridized carbons (Fsp3) is 0.400. The Morgan fingerprint density at radius 3 is 2.50 bits per heavy atom. The first-order chi connectivity index (χ1) is 27.8. The highest BCUT2D eigenvalue weighted by Gasteiger charge is 2.58. The van der Waals surface area contributed by atoms with E-state index in [0.717, 1.165) is 11.1 Å². The molecule has 18 heteroatoms. The lowest BCUT2D eigenvalue weighted by molar-refractivity contribution is -0.197. The highest BCUT2D eigenvalue weighted by Crippen LogP contribution is 2.46. The Morgan fingerprint density at radius 2 is 1.79 bits per heavy atom. The molecule has 18 nitrogen and oxygen atoms in total. The number of hydrogen-bond acceptors (Lipinski definition) is 13. The number of hydrogen-bond donors (Lipinski definition) is 4. The minimum Gasteiger partial charge on any atom is -0.497 e. The normalized spacial score (nSPS) is 20.5. The quantitative estimate of drug-likeness (QED) is 0.117. The van der Waals surface area contributed by atoms with E-state index >= 15 is 0 Å². The number of benzene rings is 2. The zero-order valence-electron chi connectivity index (χ0n) is 32.9. The molecule has 2 amide bonds. The molecule has 0 saturated carbocycles. The van der Waals surface area contributed by atoms with Crippen molar-refractivity contribution in [3.05, 3.63) is 84.4 Å². The fourth-order valence-corrected chi connectivity index (χ4v) is 7.10. The number of fused-ring (bicyclic) bond motifs is 2. The van der Waals surface area contributed by atoms with Crippen molar-refractivity contribution in [1.29, 1.82) is 0 Å². The number of carboxylic acid groups (broad SMARTS) is 1. The third-order valence-electron chi connectivity index (χ3n) is 10.1. The highest BCUT2D eigenvalue weighted by atomic mass is 16.8. The molecule has 2 fully saturated rings. The van der Waals surface area contributed by atoms with E-state index in [1.807, 2.05) is 43.7 Å². The Hall–Kier alpha value is -6.24. The summed E-state index contributed by atoms with van der Waals surface area (Å²) in [7, 11) is 5.01. The Kier molecular flexibility index (Phi) is 11.2. The summed E-state index contributed by atoms with van der Waals surface area (Å²) < 4.78 is 38.8. The van der Waals surface area contributed by atoms with Gasteiger partial charge in [0.2, 0.25) is 0 Å². The maximum absolute atomic E-state index is 13.9. The van der Waals surface area contributed by atoms with Crippen LogP contribution < -0.4 is 25.4 Å². The van der Waals surface area contributed by atoms with E-state index in [9.17, 15) is 19.5 Å². The molecule has 0 aliphatic carbocycles. The number of aliphatic carboxylic acids is 1. The van der Waals surface area contributed by atoms with E-state index in [1.54, 1.807) is 67.6 Å². The van der Waals surface area contributed by atoms with Crippen molar-refractivity contribution in [3.63, 3.8) is 0 Å². The van der Waals surface area contributed by atoms with E-state index in [2.05, 4.69) is 31.0 Å². The highest BCUT2D eigenvalue weighted by molar-refractivity contribution is 6.00. The first-order valence-corrected chi connectivity index (χ1v) is 18.6. The first kappa shape index (κ1) is 40.0. The monoisotopic (exact) mass is 798 g/mol. The second kappa shape index (κ2) is 16.3. The van der Waals surface area contributed by atoms with Crippen LogP contribution >= 0.6 is 0 Å². The predicted octanol–water partition coefficient (Wildman–Crippen LogP) is 4.15. The molecule has 5 aromatic rings. The van der Waals surface area contributed by atoms with E-state index in [-0.39, 0.29) is 19.6 Å². The van der Waals surface area contributed by atoms with Crippen LogP contribution in [0.3, 0.4) is 0 Å². The molecule has 0 spiro atoms. The van der Waals surface area contributed by atoms with E-state index in [0.29, 0.717) is 46.2 Å². The topological polar surface area (TPSA) is 211 Å². The van der Waals surface area contributed by atoms with Crippen LogP contribution in [0.4, 0.5) is 10.6 Å². The number of carboxylic acids is 1. The number of methoxy groups -OCH3 is 2. The van der Waals surface area contributed by atoms with E-state index < -0.39 is 53.8 Å². The average molecular weight is 799 g/mol. The van der Waals surface area contributed by atoms with Crippen molar-refractivity contribution < 1.29 is 47.9 Å². The smallest absolute Gasteiger partial charge is 0.408 e. The molecule has 5 heterocycles. The van der Waals surface area contributed by atoms with Gasteiger partial charge in [0.1, 0.15) is 53.6 Å². The minimum atomic E-state index is -1.76. The van der Waals surface area contributed by atoms with Gasteiger partial charge in [0.15, 0.2) is 18.1 Å². The number of aryl methyl sites for hydroxylation is 1. The average Bonchev–Trinajstić information content (AvgIpc) is 3.97. The summed E-state index contributed by atoms with van der Waals surface area (Å²) in [6.07, 6.45) is 0.404. The van der Waals surface area contributed by atoms with E-state index in [4.69, 9.17) is 28.4 Å². The van der Waals surface area contributed by atoms with Gasteiger partial charge in [-0.15, -0.1) is 0 Å². The molecule has 0 bridgehead atoms. The molecular weight excluding hydrogens is 752 g/mol. The summed E-state index contributed by atoms with van der Waals surface area (Å²) in [5, 5.41) is 24.0. The summed E-state index contributed by atoms with van der Waals surface area (Å²) >= 11 is 0. The molecule has 2 aliphatic rings. The molecule has 5 atom stereocenters. The van der Waals surface area contributed by atoms with Crippen LogP contribution in [0, 0.1) is 0 Å². The van der Waals surface area contributed by atoms with Crippen molar-refractivity contribution in [1.82, 2.24) is 34.9 Å². The summed E-state index contributed by atoms with van der Waals surface area (Å²) in [6, 6.07) is 16.4. The third-order valence-corrected chi connectivity index (χ3v) is 10.1. The molecule has 7 rings (SSSR count). The Balaban J connectivity index is 1.12. The number of rotatable bonds is 15. The molecule has 0 radical (unpaired) electrons. The van der Waals surface area contributed by atoms with Crippen molar-refractivity contribution >= 4 is 34.8 Å². The summed E-state index contributed by atoms with van der Waals surface area (Å²) in [4.78, 5) is 48.1. The second-order valence-electron chi connectivity index (χ2n) is 14.7. The van der Waals surface area contributed by atoms with Crippen LogP contribution in [0.2, 0.25) is 0 Å². The first-order valence-electron chi connectivity index (χ1n) is 18.6. The van der Waals surface area contributed by atoms with Gasteiger partial charge in [-0.25, -0.2) is 19.6 Å². The van der Waals surface area contributed by atoms with Gasteiger partial charge in [-0.2, -0.15) is 5.10 Å². The maximum atomic E-state index is 13.9. The molecule has 2 aromatic carbocycles. The van der Waals surface area contributed by atoms with Gasteiger partial charge in [0, 0.05) is 49.7 Å². The Bertz CT molecular complexity index is 2300. The van der Waals surface area contributed by atoms with Gasteiger partial charge in [-0.1, -0.05) is 30.3 Å². The molecule has 306 valence electrons. The summed E-state index contributed by atoms with van der Waals surface area (Å²) in [6.45, 7) is 5.04. The van der Waals surface area contributed by atoms with Crippen LogP contribution in [0.15, 0.2) is 73.3 Å². The van der Waals surface area contributed by atoms with Crippen molar-refractivity contribution in [3.8, 4) is 22.8 Å². The number of ether oxygens (including phenoxy) is 6. The van der Waals surface area contributed by atoms with Crippen LogP contribution in [-0.2, 0) is 48.7 Å². The van der Waals surface area contributed by atoms with Crippen molar-refractivity contribution in [2.75, 3.05) is 26.1 Å². The Labute approximate surface area is 333 Å². The van der Waals surface area contributed by atoms with Crippen LogP contribution in [0.1, 0.15) is 44.5 Å². The molecular formula is C40H46N8O10. The standard InChI is InChI=1S/C40H46N8O10/c1-39(2)57-30-31(35(49)41-16-15-40(3,37(50)51)45-38(52)55-21-23-10-8-7-9-11-23)56-36(32(30)58-39)48-20-26(27-14-17-47(4)46-27)29-33(43-22-44-34(29)48)42-19-24-12-13-25(53-5)18-28(24)54-6/h7-14,17-18,20,22,30-32,36H,15-16,19,21H2,1-6H3,(H,41,49)(H,45,52)(H,50,51)(H,42,43,44)/t30-,31+,32-,36-,40+/m1/s1. The number of carbonyl (C=O) groups is 3. The maximum Gasteiger partial charge on any atom is 0.408 e. The summed E-state index contributed by atoms with van der Waals surface area (Å²) in [5.74, 6) is -1.09. The van der Waals surface area contributed by atoms with Crippen LogP contribution in [0.25, 0.3) is 22.3 Å². The molecule has 3 aromatic heterocycles. The number of nitrogens with zero attached hydrogens (tertiary/aromatic N) is 5. The zero-order valence-corrected chi connectivity index (χ0v) is 32.9. The van der Waals surface area contributed by atoms with Crippen molar-refractivity contribution in [2.45, 2.75) is 76.2 Å². The van der Waals surface area contributed by atoms with Gasteiger partial charge >= 0.3 is 12.1 Å².